The number of aliphatic imine (C=N–C) groups is 1. The molecular formula is C19H34IN5O. The van der Waals surface area contributed by atoms with Gasteiger partial charge in [-0.1, -0.05) is 6.92 Å². The van der Waals surface area contributed by atoms with E-state index in [9.17, 15) is 0 Å². The van der Waals surface area contributed by atoms with E-state index < -0.39 is 0 Å². The number of halogens is 1. The molecule has 0 radical (unpaired) electrons. The topological polar surface area (TPSA) is 61.8 Å². The number of pyridine rings is 1. The molecule has 6 nitrogen and oxygen atoms in total. The van der Waals surface area contributed by atoms with E-state index in [0.717, 1.165) is 37.0 Å². The van der Waals surface area contributed by atoms with Crippen molar-refractivity contribution in [2.45, 2.75) is 39.7 Å². The summed E-state index contributed by atoms with van der Waals surface area (Å²) < 4.78 is 5.16. The van der Waals surface area contributed by atoms with Crippen LogP contribution in [0.3, 0.4) is 0 Å². The fraction of sp³-hybridized carbons (Fsp3) is 0.684. The highest BCUT2D eigenvalue weighted by Gasteiger charge is 2.14. The van der Waals surface area contributed by atoms with Crippen molar-refractivity contribution in [2.24, 2.45) is 10.9 Å². The monoisotopic (exact) mass is 475 g/mol. The maximum atomic E-state index is 5.16. The molecule has 1 aromatic heterocycles. The summed E-state index contributed by atoms with van der Waals surface area (Å²) in [7, 11) is 1.63. The van der Waals surface area contributed by atoms with Gasteiger partial charge in [-0.25, -0.2) is 9.98 Å². The van der Waals surface area contributed by atoms with E-state index in [0.29, 0.717) is 12.4 Å². The molecule has 0 amide bonds. The zero-order chi connectivity index (χ0) is 17.9. The molecule has 0 bridgehead atoms. The Kier molecular flexibility index (Phi) is 11.6. The number of guanidine groups is 1. The average molecular weight is 475 g/mol. The van der Waals surface area contributed by atoms with Crippen molar-refractivity contribution in [3.63, 3.8) is 0 Å². The van der Waals surface area contributed by atoms with Crippen LogP contribution in [0.15, 0.2) is 23.3 Å². The highest BCUT2D eigenvalue weighted by atomic mass is 127. The van der Waals surface area contributed by atoms with Crippen molar-refractivity contribution >= 4 is 29.9 Å². The van der Waals surface area contributed by atoms with Crippen molar-refractivity contribution in [1.82, 2.24) is 20.5 Å². The third-order valence-corrected chi connectivity index (χ3v) is 4.59. The van der Waals surface area contributed by atoms with Gasteiger partial charge < -0.3 is 20.3 Å². The van der Waals surface area contributed by atoms with Crippen LogP contribution >= 0.6 is 24.0 Å². The first kappa shape index (κ1) is 23.0. The molecule has 1 saturated heterocycles. The van der Waals surface area contributed by atoms with Crippen molar-refractivity contribution in [1.29, 1.82) is 0 Å². The normalized spacial score (nSPS) is 16.0. The average Bonchev–Trinajstić information content (AvgIpc) is 2.64. The number of hydrogen-bond donors (Lipinski definition) is 2. The van der Waals surface area contributed by atoms with Gasteiger partial charge in [0.2, 0.25) is 5.88 Å². The highest BCUT2D eigenvalue weighted by Crippen LogP contribution is 2.15. The number of methoxy groups -OCH3 is 1. The number of likely N-dealkylation sites (tertiary alicyclic amines) is 1. The predicted molar refractivity (Wildman–Crippen MR) is 118 cm³/mol. The summed E-state index contributed by atoms with van der Waals surface area (Å²) in [5.74, 6) is 2.39. The summed E-state index contributed by atoms with van der Waals surface area (Å²) >= 11 is 0. The minimum absolute atomic E-state index is 0. The van der Waals surface area contributed by atoms with Gasteiger partial charge in [0.25, 0.3) is 0 Å². The third kappa shape index (κ3) is 8.53. The van der Waals surface area contributed by atoms with Crippen LogP contribution in [0.5, 0.6) is 5.88 Å². The van der Waals surface area contributed by atoms with Crippen LogP contribution in [0.25, 0.3) is 0 Å². The molecule has 2 heterocycles. The van der Waals surface area contributed by atoms with Crippen LogP contribution in [-0.4, -0.2) is 55.7 Å². The lowest BCUT2D eigenvalue weighted by Gasteiger charge is -2.30. The lowest BCUT2D eigenvalue weighted by Crippen LogP contribution is -2.39. The second kappa shape index (κ2) is 13.1. The summed E-state index contributed by atoms with van der Waals surface area (Å²) in [6.45, 7) is 10.5. The molecular weight excluding hydrogens is 441 g/mol. The molecule has 1 fully saturated rings. The molecule has 1 aliphatic heterocycles. The van der Waals surface area contributed by atoms with Crippen LogP contribution in [0.1, 0.15) is 38.7 Å². The minimum atomic E-state index is 0. The molecule has 0 aliphatic carbocycles. The Morgan fingerprint density at radius 2 is 2.12 bits per heavy atom. The number of nitrogens with one attached hydrogen (secondary N) is 2. The number of ether oxygens (including phenoxy) is 1. The van der Waals surface area contributed by atoms with Gasteiger partial charge in [0.1, 0.15) is 0 Å². The summed E-state index contributed by atoms with van der Waals surface area (Å²) in [5.41, 5.74) is 1.09. The Balaban J connectivity index is 0.00000338. The van der Waals surface area contributed by atoms with Gasteiger partial charge in [-0.15, -0.1) is 24.0 Å². The molecule has 0 saturated carbocycles. The number of piperidine rings is 1. The van der Waals surface area contributed by atoms with Crippen molar-refractivity contribution in [3.05, 3.63) is 23.9 Å². The third-order valence-electron chi connectivity index (χ3n) is 4.59. The Morgan fingerprint density at radius 3 is 2.81 bits per heavy atom. The Bertz CT molecular complexity index is 532. The molecule has 1 aromatic rings. The van der Waals surface area contributed by atoms with Gasteiger partial charge in [0.05, 0.1) is 13.7 Å². The first-order valence-electron chi connectivity index (χ1n) is 9.44. The van der Waals surface area contributed by atoms with Gasteiger partial charge in [-0.05, 0) is 63.4 Å². The van der Waals surface area contributed by atoms with E-state index in [-0.39, 0.29) is 24.0 Å². The molecule has 7 heteroatoms. The van der Waals surface area contributed by atoms with Gasteiger partial charge in [-0.3, -0.25) is 0 Å². The zero-order valence-electron chi connectivity index (χ0n) is 16.3. The molecule has 0 aromatic carbocycles. The predicted octanol–water partition coefficient (Wildman–Crippen LogP) is 2.89. The second-order valence-electron chi connectivity index (χ2n) is 6.71. The Hall–Kier alpha value is -1.09. The fourth-order valence-electron chi connectivity index (χ4n) is 2.97. The van der Waals surface area contributed by atoms with E-state index in [1.807, 2.05) is 12.1 Å². The standard InChI is InChI=1S/C19H33N5O.HI/c1-4-20-19(23-15-17-6-10-21-18(14-17)25-3)22-9-5-11-24-12-7-16(2)8-13-24;/h6,10,14,16H,4-5,7-9,11-13,15H2,1-3H3,(H2,20,22,23);1H. The molecule has 26 heavy (non-hydrogen) atoms. The largest absolute Gasteiger partial charge is 0.481 e. The fourth-order valence-corrected chi connectivity index (χ4v) is 2.97. The summed E-state index contributed by atoms with van der Waals surface area (Å²) in [6, 6.07) is 3.89. The minimum Gasteiger partial charge on any atom is -0.481 e. The van der Waals surface area contributed by atoms with Gasteiger partial charge >= 0.3 is 0 Å². The first-order valence-corrected chi connectivity index (χ1v) is 9.44. The molecule has 148 valence electrons. The van der Waals surface area contributed by atoms with Crippen LogP contribution in [0.4, 0.5) is 0 Å². The van der Waals surface area contributed by atoms with E-state index in [4.69, 9.17) is 4.74 Å². The maximum Gasteiger partial charge on any atom is 0.213 e. The lowest BCUT2D eigenvalue weighted by atomic mass is 9.99. The van der Waals surface area contributed by atoms with Gasteiger partial charge in [-0.2, -0.15) is 0 Å². The second-order valence-corrected chi connectivity index (χ2v) is 6.71. The zero-order valence-corrected chi connectivity index (χ0v) is 18.7. The van der Waals surface area contributed by atoms with Crippen LogP contribution < -0.4 is 15.4 Å². The number of nitrogens with zero attached hydrogens (tertiary/aromatic N) is 3. The number of rotatable bonds is 8. The number of aromatic nitrogens is 1. The van der Waals surface area contributed by atoms with E-state index in [1.165, 1.54) is 32.5 Å². The van der Waals surface area contributed by atoms with E-state index in [1.54, 1.807) is 13.3 Å². The van der Waals surface area contributed by atoms with Crippen molar-refractivity contribution in [3.8, 4) is 5.88 Å². The molecule has 0 unspecified atom stereocenters. The van der Waals surface area contributed by atoms with Gasteiger partial charge in [0, 0.05) is 25.4 Å². The van der Waals surface area contributed by atoms with Gasteiger partial charge in [0.15, 0.2) is 5.96 Å². The molecule has 2 rings (SSSR count). The maximum absolute atomic E-state index is 5.16. The van der Waals surface area contributed by atoms with Crippen LogP contribution in [0.2, 0.25) is 0 Å². The van der Waals surface area contributed by atoms with Crippen molar-refractivity contribution in [2.75, 3.05) is 39.8 Å². The molecule has 0 atom stereocenters. The molecule has 0 spiro atoms. The van der Waals surface area contributed by atoms with E-state index in [2.05, 4.69) is 39.4 Å². The summed E-state index contributed by atoms with van der Waals surface area (Å²) in [4.78, 5) is 11.4. The SMILES string of the molecule is CCNC(=NCc1ccnc(OC)c1)NCCCN1CCC(C)CC1.I. The van der Waals surface area contributed by atoms with E-state index >= 15 is 0 Å². The van der Waals surface area contributed by atoms with Crippen molar-refractivity contribution < 1.29 is 4.74 Å². The quantitative estimate of drug-likeness (QED) is 0.262. The summed E-state index contributed by atoms with van der Waals surface area (Å²) in [5, 5.41) is 6.74. The first-order chi connectivity index (χ1) is 12.2. The highest BCUT2D eigenvalue weighted by molar-refractivity contribution is 14.0. The Morgan fingerprint density at radius 1 is 1.35 bits per heavy atom. The Labute approximate surface area is 175 Å². The molecule has 1 aliphatic rings. The van der Waals surface area contributed by atoms with Crippen LogP contribution in [0, 0.1) is 5.92 Å². The lowest BCUT2D eigenvalue weighted by molar-refractivity contribution is 0.191. The van der Waals surface area contributed by atoms with Crippen LogP contribution in [-0.2, 0) is 6.54 Å². The smallest absolute Gasteiger partial charge is 0.213 e. The number of hydrogen-bond acceptors (Lipinski definition) is 4. The summed E-state index contributed by atoms with van der Waals surface area (Å²) in [6.07, 6.45) is 5.57. The molecule has 2 N–H and O–H groups in total.